The first-order valence-electron chi connectivity index (χ1n) is 9.50. The molecule has 2 heterocycles. The minimum Gasteiger partial charge on any atom is -0.489 e. The van der Waals surface area contributed by atoms with Crippen LogP contribution in [0.25, 0.3) is 0 Å². The number of hydrogen-bond acceptors (Lipinski definition) is 7. The van der Waals surface area contributed by atoms with E-state index in [4.69, 9.17) is 4.74 Å². The Morgan fingerprint density at radius 3 is 2.55 bits per heavy atom. The Labute approximate surface area is 176 Å². The molecule has 0 aliphatic carbocycles. The number of pyridine rings is 1. The third-order valence-electron chi connectivity index (χ3n) is 4.69. The van der Waals surface area contributed by atoms with Gasteiger partial charge in [0.2, 0.25) is 0 Å². The molecule has 2 aromatic carbocycles. The number of rotatable bonds is 8. The Morgan fingerprint density at radius 2 is 1.81 bits per heavy atom. The molecule has 2 aromatic heterocycles. The molecule has 0 amide bonds. The Balaban J connectivity index is 1.57. The maximum absolute atomic E-state index is 12.8. The van der Waals surface area contributed by atoms with Crippen molar-refractivity contribution in [1.29, 1.82) is 0 Å². The van der Waals surface area contributed by atoms with Gasteiger partial charge in [0.15, 0.2) is 6.33 Å². The number of non-ortho nitro benzene ring substituents is 1. The molecular weight excluding hydrogens is 400 g/mol. The van der Waals surface area contributed by atoms with E-state index < -0.39 is 4.92 Å². The molecule has 0 N–H and O–H groups in total. The summed E-state index contributed by atoms with van der Waals surface area (Å²) in [6.45, 7) is 0.335. The highest BCUT2D eigenvalue weighted by Crippen LogP contribution is 2.26. The monoisotopic (exact) mass is 418 g/mol. The van der Waals surface area contributed by atoms with Crippen molar-refractivity contribution in [2.24, 2.45) is 0 Å². The Hall–Kier alpha value is -4.34. The van der Waals surface area contributed by atoms with E-state index in [0.717, 1.165) is 10.5 Å². The van der Waals surface area contributed by atoms with E-state index in [9.17, 15) is 14.9 Å². The van der Waals surface area contributed by atoms with E-state index in [1.165, 1.54) is 29.3 Å². The van der Waals surface area contributed by atoms with Crippen LogP contribution >= 0.6 is 0 Å². The second kappa shape index (κ2) is 8.99. The summed E-state index contributed by atoms with van der Waals surface area (Å²) in [6, 6.07) is 17.5. The summed E-state index contributed by atoms with van der Waals surface area (Å²) in [5.41, 5.74) is 1.83. The third kappa shape index (κ3) is 4.64. The van der Waals surface area contributed by atoms with E-state index >= 15 is 0 Å². The van der Waals surface area contributed by atoms with Crippen molar-refractivity contribution >= 4 is 5.69 Å². The maximum atomic E-state index is 12.8. The van der Waals surface area contributed by atoms with Crippen LogP contribution in [0.3, 0.4) is 0 Å². The van der Waals surface area contributed by atoms with E-state index in [2.05, 4.69) is 15.4 Å². The van der Waals surface area contributed by atoms with Crippen LogP contribution < -0.4 is 10.3 Å². The van der Waals surface area contributed by atoms with Gasteiger partial charge >= 0.3 is 0 Å². The highest BCUT2D eigenvalue weighted by Gasteiger charge is 2.14. The fraction of sp³-hybridized carbons (Fsp3) is 0.143. The highest BCUT2D eigenvalue weighted by molar-refractivity contribution is 5.44. The number of nitro benzene ring substituents is 1. The van der Waals surface area contributed by atoms with Gasteiger partial charge in [0.1, 0.15) is 12.4 Å². The Morgan fingerprint density at radius 1 is 1.00 bits per heavy atom. The topological polar surface area (TPSA) is 118 Å². The minimum atomic E-state index is -0.448. The molecule has 0 atom stereocenters. The maximum Gasteiger partial charge on any atom is 0.275 e. The normalized spacial score (nSPS) is 10.7. The lowest BCUT2D eigenvalue weighted by molar-refractivity contribution is -0.384. The first-order valence-corrected chi connectivity index (χ1v) is 9.50. The number of tetrazole rings is 1. The third-order valence-corrected chi connectivity index (χ3v) is 4.69. The summed E-state index contributed by atoms with van der Waals surface area (Å²) < 4.78 is 7.16. The zero-order chi connectivity index (χ0) is 21.6. The van der Waals surface area contributed by atoms with Gasteiger partial charge in [0, 0.05) is 29.5 Å². The molecule has 0 aliphatic rings. The molecule has 4 aromatic rings. The summed E-state index contributed by atoms with van der Waals surface area (Å²) in [4.78, 5) is 24.6. The van der Waals surface area contributed by atoms with Crippen molar-refractivity contribution in [3.8, 4) is 5.75 Å². The number of nitrogens with zero attached hydrogens (tertiary/aromatic N) is 6. The standard InChI is InChI=1S/C21H18N6O4/c28-21-17(7-4-12-25(21)27-23-15-22-24-27)8-9-18-13-19(26(29)30)10-11-20(18)31-14-16-5-2-1-3-6-16/h1-7,10-13,15H,8-9,14H2. The predicted molar refractivity (Wildman–Crippen MR) is 111 cm³/mol. The molecule has 0 saturated carbocycles. The molecule has 0 spiro atoms. The van der Waals surface area contributed by atoms with Crippen LogP contribution in [-0.2, 0) is 19.4 Å². The van der Waals surface area contributed by atoms with Gasteiger partial charge in [0.05, 0.1) is 4.92 Å². The quantitative estimate of drug-likeness (QED) is 0.318. The van der Waals surface area contributed by atoms with Crippen LogP contribution in [0.15, 0.2) is 78.0 Å². The van der Waals surface area contributed by atoms with Crippen LogP contribution in [0.2, 0.25) is 0 Å². The predicted octanol–water partition coefficient (Wildman–Crippen LogP) is 2.42. The smallest absolute Gasteiger partial charge is 0.275 e. The first-order chi connectivity index (χ1) is 15.1. The summed E-state index contributed by atoms with van der Waals surface area (Å²) in [5.74, 6) is 0.545. The molecule has 0 saturated heterocycles. The van der Waals surface area contributed by atoms with Crippen LogP contribution in [0.4, 0.5) is 5.69 Å². The number of nitro groups is 1. The SMILES string of the molecule is O=c1c(CCc2cc([N+](=O)[O-])ccc2OCc2ccccc2)cccn1-n1ncnn1. The number of hydrogen-bond donors (Lipinski definition) is 0. The molecule has 10 heteroatoms. The molecule has 0 aliphatic heterocycles. The van der Waals surface area contributed by atoms with Crippen molar-refractivity contribution in [3.05, 3.63) is 110 Å². The highest BCUT2D eigenvalue weighted by atomic mass is 16.6. The van der Waals surface area contributed by atoms with E-state index in [0.29, 0.717) is 36.3 Å². The largest absolute Gasteiger partial charge is 0.489 e. The van der Waals surface area contributed by atoms with Gasteiger partial charge in [-0.1, -0.05) is 41.3 Å². The van der Waals surface area contributed by atoms with E-state index in [1.807, 2.05) is 30.3 Å². The van der Waals surface area contributed by atoms with Gasteiger partial charge in [-0.15, -0.1) is 10.2 Å². The van der Waals surface area contributed by atoms with Crippen molar-refractivity contribution in [2.75, 3.05) is 0 Å². The number of ether oxygens (including phenoxy) is 1. The number of benzene rings is 2. The molecule has 156 valence electrons. The molecule has 0 fully saturated rings. The second-order valence-corrected chi connectivity index (χ2v) is 6.71. The second-order valence-electron chi connectivity index (χ2n) is 6.71. The van der Waals surface area contributed by atoms with Gasteiger partial charge in [-0.2, -0.15) is 4.68 Å². The number of aromatic nitrogens is 5. The summed E-state index contributed by atoms with van der Waals surface area (Å²) >= 11 is 0. The fourth-order valence-corrected chi connectivity index (χ4v) is 3.14. The molecule has 0 unspecified atom stereocenters. The lowest BCUT2D eigenvalue weighted by atomic mass is 10.0. The molecular formula is C21H18N6O4. The van der Waals surface area contributed by atoms with E-state index in [-0.39, 0.29) is 11.2 Å². The van der Waals surface area contributed by atoms with Gasteiger partial charge in [-0.3, -0.25) is 14.9 Å². The van der Waals surface area contributed by atoms with Crippen molar-refractivity contribution < 1.29 is 9.66 Å². The fourth-order valence-electron chi connectivity index (χ4n) is 3.14. The molecule has 10 nitrogen and oxygen atoms in total. The molecule has 0 bridgehead atoms. The van der Waals surface area contributed by atoms with Crippen molar-refractivity contribution in [2.45, 2.75) is 19.4 Å². The van der Waals surface area contributed by atoms with Crippen LogP contribution in [0.5, 0.6) is 5.75 Å². The van der Waals surface area contributed by atoms with Crippen molar-refractivity contribution in [1.82, 2.24) is 25.0 Å². The minimum absolute atomic E-state index is 0.0284. The van der Waals surface area contributed by atoms with Gasteiger partial charge in [0.25, 0.3) is 11.2 Å². The lowest BCUT2D eigenvalue weighted by Crippen LogP contribution is -2.30. The average Bonchev–Trinajstić information content (AvgIpc) is 3.32. The average molecular weight is 418 g/mol. The molecule has 31 heavy (non-hydrogen) atoms. The first kappa shape index (κ1) is 20.0. The van der Waals surface area contributed by atoms with Crippen LogP contribution in [-0.4, -0.2) is 29.9 Å². The zero-order valence-electron chi connectivity index (χ0n) is 16.4. The van der Waals surface area contributed by atoms with Gasteiger partial charge in [-0.05, 0) is 35.8 Å². The summed E-state index contributed by atoms with van der Waals surface area (Å²) in [7, 11) is 0. The molecule has 4 rings (SSSR count). The molecule has 0 radical (unpaired) electrons. The van der Waals surface area contributed by atoms with Gasteiger partial charge in [-0.25, -0.2) is 0 Å². The number of aryl methyl sites for hydroxylation is 2. The van der Waals surface area contributed by atoms with Gasteiger partial charge < -0.3 is 4.74 Å². The van der Waals surface area contributed by atoms with Crippen LogP contribution in [0.1, 0.15) is 16.7 Å². The van der Waals surface area contributed by atoms with Crippen LogP contribution in [0, 0.1) is 10.1 Å². The summed E-state index contributed by atoms with van der Waals surface area (Å²) in [5, 5.41) is 22.4. The zero-order valence-corrected chi connectivity index (χ0v) is 16.4. The summed E-state index contributed by atoms with van der Waals surface area (Å²) in [6.07, 6.45) is 3.51. The Kier molecular flexibility index (Phi) is 5.79. The Bertz CT molecular complexity index is 1240. The van der Waals surface area contributed by atoms with Crippen molar-refractivity contribution in [3.63, 3.8) is 0 Å². The lowest BCUT2D eigenvalue weighted by Gasteiger charge is -2.12. The van der Waals surface area contributed by atoms with E-state index in [1.54, 1.807) is 18.2 Å².